The molecular formula is C16H24N2O2. The van der Waals surface area contributed by atoms with Crippen molar-refractivity contribution < 1.29 is 9.53 Å². The normalized spacial score (nSPS) is 18.8. The Bertz CT molecular complexity index is 444. The van der Waals surface area contributed by atoms with Crippen LogP contribution >= 0.6 is 0 Å². The molecule has 1 aliphatic rings. The predicted molar refractivity (Wildman–Crippen MR) is 79.5 cm³/mol. The summed E-state index contributed by atoms with van der Waals surface area (Å²) < 4.78 is 5.30. The van der Waals surface area contributed by atoms with Gasteiger partial charge in [0.15, 0.2) is 0 Å². The average Bonchev–Trinajstić information content (AvgIpc) is 2.90. The second kappa shape index (κ2) is 6.86. The van der Waals surface area contributed by atoms with Crippen molar-refractivity contribution in [3.63, 3.8) is 0 Å². The summed E-state index contributed by atoms with van der Waals surface area (Å²) in [6, 6.07) is 8.45. The van der Waals surface area contributed by atoms with Crippen molar-refractivity contribution in [1.29, 1.82) is 0 Å². The number of aryl methyl sites for hydroxylation is 1. The van der Waals surface area contributed by atoms with Crippen LogP contribution in [0.1, 0.15) is 17.5 Å². The molecule has 1 saturated heterocycles. The van der Waals surface area contributed by atoms with Crippen LogP contribution in [-0.4, -0.2) is 55.6 Å². The molecule has 0 bridgehead atoms. The molecule has 0 aliphatic carbocycles. The maximum atomic E-state index is 12.2. The third kappa shape index (κ3) is 4.05. The first-order valence-corrected chi connectivity index (χ1v) is 7.13. The molecule has 0 saturated carbocycles. The second-order valence-corrected chi connectivity index (χ2v) is 5.64. The van der Waals surface area contributed by atoms with Gasteiger partial charge in [0.2, 0.25) is 5.91 Å². The number of benzene rings is 1. The molecular weight excluding hydrogens is 252 g/mol. The number of likely N-dealkylation sites (tertiary alicyclic amines) is 1. The largest absolute Gasteiger partial charge is 0.380 e. The molecule has 0 aromatic heterocycles. The molecule has 4 heteroatoms. The predicted octanol–water partition coefficient (Wildman–Crippen LogP) is 1.67. The van der Waals surface area contributed by atoms with Crippen molar-refractivity contribution in [1.82, 2.24) is 9.80 Å². The van der Waals surface area contributed by atoms with E-state index in [4.69, 9.17) is 4.74 Å². The summed E-state index contributed by atoms with van der Waals surface area (Å²) in [6.07, 6.45) is 1.16. The Balaban J connectivity index is 1.80. The van der Waals surface area contributed by atoms with Gasteiger partial charge in [-0.3, -0.25) is 9.69 Å². The molecule has 0 radical (unpaired) electrons. The van der Waals surface area contributed by atoms with E-state index in [2.05, 4.69) is 36.1 Å². The average molecular weight is 276 g/mol. The standard InChI is InChI=1S/C16H24N2O2/c1-13-4-6-14(7-5-13)10-17(2)12-16(19)18-9-8-15(11-18)20-3/h4-7,15H,8-12H2,1-3H3/t15-/m1/s1. The van der Waals surface area contributed by atoms with E-state index in [0.29, 0.717) is 6.54 Å². The molecule has 2 rings (SSSR count). The fourth-order valence-corrected chi connectivity index (χ4v) is 2.54. The summed E-state index contributed by atoms with van der Waals surface area (Å²) in [6.45, 7) is 4.89. The number of rotatable bonds is 5. The second-order valence-electron chi connectivity index (χ2n) is 5.64. The highest BCUT2D eigenvalue weighted by Gasteiger charge is 2.26. The third-order valence-corrected chi connectivity index (χ3v) is 3.81. The zero-order valence-electron chi connectivity index (χ0n) is 12.6. The minimum absolute atomic E-state index is 0.194. The quantitative estimate of drug-likeness (QED) is 0.820. The lowest BCUT2D eigenvalue weighted by molar-refractivity contribution is -0.131. The molecule has 20 heavy (non-hydrogen) atoms. The number of hydrogen-bond donors (Lipinski definition) is 0. The van der Waals surface area contributed by atoms with Crippen LogP contribution in [-0.2, 0) is 16.1 Å². The highest BCUT2D eigenvalue weighted by atomic mass is 16.5. The highest BCUT2D eigenvalue weighted by molar-refractivity contribution is 5.78. The van der Waals surface area contributed by atoms with Gasteiger partial charge in [0.1, 0.15) is 0 Å². The number of hydrogen-bond acceptors (Lipinski definition) is 3. The topological polar surface area (TPSA) is 32.8 Å². The van der Waals surface area contributed by atoms with E-state index in [1.165, 1.54) is 11.1 Å². The minimum Gasteiger partial charge on any atom is -0.380 e. The molecule has 1 heterocycles. The Kier molecular flexibility index (Phi) is 5.15. The number of carbonyl (C=O) groups excluding carboxylic acids is 1. The van der Waals surface area contributed by atoms with Crippen molar-refractivity contribution in [3.8, 4) is 0 Å². The van der Waals surface area contributed by atoms with E-state index in [-0.39, 0.29) is 12.0 Å². The summed E-state index contributed by atoms with van der Waals surface area (Å²) in [4.78, 5) is 16.2. The van der Waals surface area contributed by atoms with Gasteiger partial charge in [-0.1, -0.05) is 29.8 Å². The molecule has 4 nitrogen and oxygen atoms in total. The molecule has 1 fully saturated rings. The molecule has 1 aromatic carbocycles. The van der Waals surface area contributed by atoms with Gasteiger partial charge in [-0.15, -0.1) is 0 Å². The number of amides is 1. The number of methoxy groups -OCH3 is 1. The van der Waals surface area contributed by atoms with Crippen LogP contribution in [0.4, 0.5) is 0 Å². The van der Waals surface area contributed by atoms with Crippen LogP contribution in [0.5, 0.6) is 0 Å². The first-order chi connectivity index (χ1) is 9.58. The van der Waals surface area contributed by atoms with Crippen molar-refractivity contribution >= 4 is 5.91 Å². The first-order valence-electron chi connectivity index (χ1n) is 7.13. The Morgan fingerprint density at radius 1 is 1.40 bits per heavy atom. The van der Waals surface area contributed by atoms with Crippen LogP contribution < -0.4 is 0 Å². The van der Waals surface area contributed by atoms with Gasteiger partial charge in [-0.25, -0.2) is 0 Å². The molecule has 0 N–H and O–H groups in total. The minimum atomic E-state index is 0.194. The summed E-state index contributed by atoms with van der Waals surface area (Å²) in [5, 5.41) is 0. The Morgan fingerprint density at radius 3 is 2.70 bits per heavy atom. The lowest BCUT2D eigenvalue weighted by atomic mass is 10.1. The highest BCUT2D eigenvalue weighted by Crippen LogP contribution is 2.12. The number of likely N-dealkylation sites (N-methyl/N-ethyl adjacent to an activating group) is 1. The lowest BCUT2D eigenvalue weighted by Crippen LogP contribution is -2.38. The van der Waals surface area contributed by atoms with Gasteiger partial charge in [-0.2, -0.15) is 0 Å². The van der Waals surface area contributed by atoms with E-state index in [0.717, 1.165) is 26.1 Å². The van der Waals surface area contributed by atoms with E-state index in [1.807, 2.05) is 11.9 Å². The SMILES string of the molecule is CO[C@@H]1CCN(C(=O)CN(C)Cc2ccc(C)cc2)C1. The zero-order valence-corrected chi connectivity index (χ0v) is 12.6. The van der Waals surface area contributed by atoms with Gasteiger partial charge in [0.25, 0.3) is 0 Å². The zero-order chi connectivity index (χ0) is 14.5. The smallest absolute Gasteiger partial charge is 0.236 e. The van der Waals surface area contributed by atoms with Gasteiger partial charge in [-0.05, 0) is 26.0 Å². The van der Waals surface area contributed by atoms with E-state index < -0.39 is 0 Å². The van der Waals surface area contributed by atoms with Crippen LogP contribution in [0.25, 0.3) is 0 Å². The third-order valence-electron chi connectivity index (χ3n) is 3.81. The summed E-state index contributed by atoms with van der Waals surface area (Å²) in [7, 11) is 3.70. The maximum Gasteiger partial charge on any atom is 0.236 e. The summed E-state index contributed by atoms with van der Waals surface area (Å²) in [5.41, 5.74) is 2.50. The van der Waals surface area contributed by atoms with Crippen LogP contribution in [0.2, 0.25) is 0 Å². The van der Waals surface area contributed by atoms with Gasteiger partial charge in [0, 0.05) is 26.7 Å². The molecule has 1 aliphatic heterocycles. The lowest BCUT2D eigenvalue weighted by Gasteiger charge is -2.21. The summed E-state index contributed by atoms with van der Waals surface area (Å²) in [5.74, 6) is 0.194. The van der Waals surface area contributed by atoms with Gasteiger partial charge >= 0.3 is 0 Å². The van der Waals surface area contributed by atoms with E-state index in [9.17, 15) is 4.79 Å². The molecule has 1 amide bonds. The molecule has 1 aromatic rings. The van der Waals surface area contributed by atoms with Crippen LogP contribution in [0.3, 0.4) is 0 Å². The Morgan fingerprint density at radius 2 is 2.10 bits per heavy atom. The Hall–Kier alpha value is -1.39. The number of ether oxygens (including phenoxy) is 1. The van der Waals surface area contributed by atoms with Crippen LogP contribution in [0.15, 0.2) is 24.3 Å². The van der Waals surface area contributed by atoms with Crippen LogP contribution in [0, 0.1) is 6.92 Å². The fraction of sp³-hybridized carbons (Fsp3) is 0.562. The first kappa shape index (κ1) is 15.0. The monoisotopic (exact) mass is 276 g/mol. The van der Waals surface area contributed by atoms with Crippen molar-refractivity contribution in [2.75, 3.05) is 33.8 Å². The summed E-state index contributed by atoms with van der Waals surface area (Å²) >= 11 is 0. The van der Waals surface area contributed by atoms with Gasteiger partial charge < -0.3 is 9.64 Å². The molecule has 0 unspecified atom stereocenters. The Labute approximate surface area is 121 Å². The van der Waals surface area contributed by atoms with Gasteiger partial charge in [0.05, 0.1) is 12.6 Å². The molecule has 0 spiro atoms. The number of nitrogens with zero attached hydrogens (tertiary/aromatic N) is 2. The van der Waals surface area contributed by atoms with Crippen molar-refractivity contribution in [3.05, 3.63) is 35.4 Å². The van der Waals surface area contributed by atoms with Crippen molar-refractivity contribution in [2.45, 2.75) is 26.0 Å². The van der Waals surface area contributed by atoms with E-state index >= 15 is 0 Å². The van der Waals surface area contributed by atoms with Crippen molar-refractivity contribution in [2.24, 2.45) is 0 Å². The molecule has 110 valence electrons. The molecule has 1 atom stereocenters. The maximum absolute atomic E-state index is 12.2. The number of carbonyl (C=O) groups is 1. The van der Waals surface area contributed by atoms with E-state index in [1.54, 1.807) is 7.11 Å². The fourth-order valence-electron chi connectivity index (χ4n) is 2.54.